The number of rotatable bonds is 9. The first kappa shape index (κ1) is 32.2. The molecule has 0 heterocycles. The largest absolute Gasteiger partial charge is 0.460 e. The molecule has 0 aliphatic heterocycles. The molecule has 0 saturated carbocycles. The highest BCUT2D eigenvalue weighted by atomic mass is 19.4. The lowest BCUT2D eigenvalue weighted by atomic mass is 9.86. The molecule has 0 radical (unpaired) electrons. The maximum Gasteiger partial charge on any atom is 0.460 e. The molecular weight excluding hydrogens is 562 g/mol. The summed E-state index contributed by atoms with van der Waals surface area (Å²) in [5.41, 5.74) is 0. The van der Waals surface area contributed by atoms with Crippen LogP contribution in [0.1, 0.15) is 0 Å². The lowest BCUT2D eigenvalue weighted by Crippen LogP contribution is -2.76. The number of hydrogen-bond donors (Lipinski definition) is 0. The Hall–Kier alpha value is -1.80. The summed E-state index contributed by atoms with van der Waals surface area (Å²) in [6.45, 7) is 0. The first-order chi connectivity index (χ1) is 14.3. The Bertz CT molecular complexity index is 765. The Labute approximate surface area is 170 Å². The summed E-state index contributed by atoms with van der Waals surface area (Å²) in [6.07, 6.45) is -11.9. The molecule has 34 heavy (non-hydrogen) atoms. The van der Waals surface area contributed by atoms with Gasteiger partial charge in [0.15, 0.2) is 0 Å². The van der Waals surface area contributed by atoms with Gasteiger partial charge in [0, 0.05) is 6.08 Å². The van der Waals surface area contributed by atoms with Gasteiger partial charge >= 0.3 is 59.5 Å². The van der Waals surface area contributed by atoms with Gasteiger partial charge in [-0.2, -0.15) is 92.2 Å². The lowest BCUT2D eigenvalue weighted by molar-refractivity contribution is -0.473. The molecule has 0 rings (SSSR count). The van der Waals surface area contributed by atoms with E-state index in [9.17, 15) is 96.6 Å². The van der Waals surface area contributed by atoms with E-state index < -0.39 is 71.9 Å². The molecule has 0 atom stereocenters. The number of hydrogen-bond acceptors (Lipinski definition) is 0. The molecule has 0 aromatic carbocycles. The third kappa shape index (κ3) is 3.72. The Kier molecular flexibility index (Phi) is 7.44. The lowest BCUT2D eigenvalue weighted by Gasteiger charge is -2.44. The molecule has 0 aromatic rings. The van der Waals surface area contributed by atoms with Crippen molar-refractivity contribution in [2.75, 3.05) is 0 Å². The van der Waals surface area contributed by atoms with E-state index in [1.165, 1.54) is 0 Å². The van der Waals surface area contributed by atoms with Crippen LogP contribution in [0.3, 0.4) is 0 Å². The maximum atomic E-state index is 13.3. The number of alkyl halides is 21. The quantitative estimate of drug-likeness (QED) is 0.252. The molecule has 0 nitrogen and oxygen atoms in total. The Morgan fingerprint density at radius 3 is 0.706 bits per heavy atom. The van der Waals surface area contributed by atoms with Crippen LogP contribution in [-0.4, -0.2) is 59.5 Å². The van der Waals surface area contributed by atoms with Gasteiger partial charge in [-0.05, 0) is 0 Å². The summed E-state index contributed by atoms with van der Waals surface area (Å²) in [4.78, 5) is 0. The van der Waals surface area contributed by atoms with Crippen molar-refractivity contribution in [1.29, 1.82) is 0 Å². The highest BCUT2D eigenvalue weighted by Gasteiger charge is 2.97. The van der Waals surface area contributed by atoms with Crippen LogP contribution < -0.4 is 0 Å². The summed E-state index contributed by atoms with van der Waals surface area (Å²) >= 11 is 0. The van der Waals surface area contributed by atoms with Gasteiger partial charge in [-0.25, -0.2) is 4.39 Å². The van der Waals surface area contributed by atoms with Gasteiger partial charge in [-0.15, -0.1) is 0 Å². The van der Waals surface area contributed by atoms with E-state index in [-0.39, 0.29) is 0 Å². The van der Waals surface area contributed by atoms with Crippen LogP contribution in [-0.2, 0) is 0 Å². The summed E-state index contributed by atoms with van der Waals surface area (Å²) in [5.74, 6) is -77.8. The Balaban J connectivity index is 7.07. The topological polar surface area (TPSA) is 0 Å². The molecule has 22 heteroatoms. The van der Waals surface area contributed by atoms with Crippen LogP contribution in [0.25, 0.3) is 0 Å². The summed E-state index contributed by atoms with van der Waals surface area (Å²) in [5, 5.41) is 0. The first-order valence-electron chi connectivity index (χ1n) is 7.06. The van der Waals surface area contributed by atoms with E-state index >= 15 is 0 Å². The molecule has 0 unspecified atom stereocenters. The van der Waals surface area contributed by atoms with Crippen molar-refractivity contribution in [3.8, 4) is 0 Å². The number of allylic oxidation sites excluding steroid dienone is 1. The average Bonchev–Trinajstić information content (AvgIpc) is 2.59. The fraction of sp³-hybridized carbons (Fsp3) is 0.833. The van der Waals surface area contributed by atoms with Gasteiger partial charge in [0.05, 0.1) is 6.33 Å². The van der Waals surface area contributed by atoms with Gasteiger partial charge in [0.1, 0.15) is 0 Å². The predicted octanol–water partition coefficient (Wildman–Crippen LogP) is 7.75. The number of halogens is 22. The Morgan fingerprint density at radius 1 is 0.294 bits per heavy atom. The van der Waals surface area contributed by atoms with Crippen LogP contribution in [0.15, 0.2) is 12.4 Å². The van der Waals surface area contributed by atoms with Gasteiger partial charge < -0.3 is 0 Å². The van der Waals surface area contributed by atoms with Crippen LogP contribution >= 0.6 is 0 Å². The molecule has 0 bridgehead atoms. The first-order valence-corrected chi connectivity index (χ1v) is 7.06. The van der Waals surface area contributed by atoms with Crippen molar-refractivity contribution >= 4 is 0 Å². The summed E-state index contributed by atoms with van der Waals surface area (Å²) in [7, 11) is 0. The van der Waals surface area contributed by atoms with Crippen molar-refractivity contribution in [3.05, 3.63) is 12.4 Å². The zero-order valence-electron chi connectivity index (χ0n) is 14.5. The highest BCUT2D eigenvalue weighted by molar-refractivity contribution is 5.19. The molecule has 0 aliphatic carbocycles. The van der Waals surface area contributed by atoms with E-state index in [1.807, 2.05) is 0 Å². The SMILES string of the molecule is FC=CC(F)(F)C(F)(F)C(F)(F)C(F)(F)C(F)(F)C(F)(F)C(F)(F)C(F)(F)C(F)(F)C(F)(F)F. The second-order valence-electron chi connectivity index (χ2n) is 6.01. The van der Waals surface area contributed by atoms with Crippen LogP contribution in [0, 0.1) is 0 Å². The fourth-order valence-electron chi connectivity index (χ4n) is 1.75. The summed E-state index contributed by atoms with van der Waals surface area (Å²) in [6, 6.07) is 0. The molecule has 0 N–H and O–H groups in total. The van der Waals surface area contributed by atoms with Crippen LogP contribution in [0.5, 0.6) is 0 Å². The molecule has 0 amide bonds. The van der Waals surface area contributed by atoms with Crippen LogP contribution in [0.4, 0.5) is 96.6 Å². The van der Waals surface area contributed by atoms with E-state index in [4.69, 9.17) is 0 Å². The second-order valence-corrected chi connectivity index (χ2v) is 6.01. The van der Waals surface area contributed by atoms with Crippen molar-refractivity contribution in [2.45, 2.75) is 59.5 Å². The molecule has 0 aromatic heterocycles. The van der Waals surface area contributed by atoms with Crippen molar-refractivity contribution in [1.82, 2.24) is 0 Å². The zero-order valence-corrected chi connectivity index (χ0v) is 14.5. The van der Waals surface area contributed by atoms with Crippen molar-refractivity contribution in [2.24, 2.45) is 0 Å². The summed E-state index contributed by atoms with van der Waals surface area (Å²) < 4.78 is 282. The predicted molar refractivity (Wildman–Crippen MR) is 60.8 cm³/mol. The normalized spacial score (nSPS) is 17.0. The minimum Gasteiger partial charge on any atom is -0.216 e. The minimum atomic E-state index is -9.22. The molecule has 0 spiro atoms. The van der Waals surface area contributed by atoms with Gasteiger partial charge in [-0.3, -0.25) is 0 Å². The molecular formula is C12H2F22. The van der Waals surface area contributed by atoms with E-state index in [0.29, 0.717) is 0 Å². The van der Waals surface area contributed by atoms with Gasteiger partial charge in [0.2, 0.25) is 0 Å². The minimum absolute atomic E-state index is 1.82. The van der Waals surface area contributed by atoms with Crippen LogP contribution in [0.2, 0.25) is 0 Å². The van der Waals surface area contributed by atoms with Gasteiger partial charge in [-0.1, -0.05) is 0 Å². The molecule has 204 valence electrons. The monoisotopic (exact) mass is 564 g/mol. The van der Waals surface area contributed by atoms with Gasteiger partial charge in [0.25, 0.3) is 0 Å². The second kappa shape index (κ2) is 7.85. The zero-order chi connectivity index (χ0) is 28.4. The van der Waals surface area contributed by atoms with E-state index in [1.54, 1.807) is 0 Å². The standard InChI is InChI=1S/C12H2F22/c13-2-1-3(14,15)4(16,17)5(18,19)6(20,21)7(22,23)8(24,25)9(26,27)10(28,29)11(30,31)12(32,33)34/h1-2H. The van der Waals surface area contributed by atoms with E-state index in [2.05, 4.69) is 0 Å². The average molecular weight is 564 g/mol. The third-order valence-electron chi connectivity index (χ3n) is 3.81. The smallest absolute Gasteiger partial charge is 0.216 e. The van der Waals surface area contributed by atoms with Crippen molar-refractivity contribution in [3.63, 3.8) is 0 Å². The molecule has 0 aliphatic rings. The highest BCUT2D eigenvalue weighted by Crippen LogP contribution is 2.66. The molecule has 0 saturated heterocycles. The maximum absolute atomic E-state index is 13.3. The fourth-order valence-corrected chi connectivity index (χ4v) is 1.75. The third-order valence-corrected chi connectivity index (χ3v) is 3.81. The Morgan fingerprint density at radius 2 is 0.500 bits per heavy atom. The van der Waals surface area contributed by atoms with Crippen molar-refractivity contribution < 1.29 is 96.6 Å². The molecule has 0 fully saturated rings. The van der Waals surface area contributed by atoms with E-state index in [0.717, 1.165) is 0 Å².